The van der Waals surface area contributed by atoms with Gasteiger partial charge in [-0.1, -0.05) is 32.9 Å². The van der Waals surface area contributed by atoms with Gasteiger partial charge in [0.25, 0.3) is 5.67 Å². The average Bonchev–Trinajstić information content (AvgIpc) is 3.79. The normalized spacial score (nSPS) is 35.7. The van der Waals surface area contributed by atoms with Gasteiger partial charge in [-0.2, -0.15) is 0 Å². The molecule has 2 aliphatic heterocycles. The Labute approximate surface area is 280 Å². The van der Waals surface area contributed by atoms with Gasteiger partial charge < -0.3 is 19.1 Å². The number of methoxy groups -OCH3 is 1. The molecular weight excluding hydrogens is 628 g/mol. The number of fused-ring (bicyclic) bond motifs is 1. The van der Waals surface area contributed by atoms with Crippen molar-refractivity contribution in [1.82, 2.24) is 24.9 Å². The first-order valence-electron chi connectivity index (χ1n) is 16.3. The fourth-order valence-corrected chi connectivity index (χ4v) is 7.88. The third kappa shape index (κ3) is 7.01. The number of Topliss-reactive ketones (excluding diaryl/α,β-unsaturated/α-hetero) is 2. The van der Waals surface area contributed by atoms with Gasteiger partial charge in [0.05, 0.1) is 17.8 Å². The Morgan fingerprint density at radius 1 is 1.11 bits per heavy atom. The van der Waals surface area contributed by atoms with Gasteiger partial charge in [-0.3, -0.25) is 14.3 Å². The number of carbonyl (C=O) groups excluding carboxylic acids is 4. The highest BCUT2D eigenvalue weighted by atomic mass is 32.1. The van der Waals surface area contributed by atoms with Crippen molar-refractivity contribution in [2.75, 3.05) is 13.7 Å². The first-order valence-corrected chi connectivity index (χ1v) is 17.2. The highest BCUT2D eigenvalue weighted by Crippen LogP contribution is 2.44. The lowest BCUT2D eigenvalue weighted by Crippen LogP contribution is -2.59. The number of thiazole rings is 1. The second-order valence-corrected chi connectivity index (χ2v) is 14.6. The lowest BCUT2D eigenvalue weighted by molar-refractivity contribution is -0.180. The fourth-order valence-electron chi connectivity index (χ4n) is 7.29. The van der Waals surface area contributed by atoms with Gasteiger partial charge in [-0.25, -0.2) is 19.0 Å². The highest BCUT2D eigenvalue weighted by molar-refractivity contribution is 7.13. The molecule has 2 aromatic rings. The molecule has 0 aliphatic carbocycles. The van der Waals surface area contributed by atoms with E-state index in [0.717, 1.165) is 11.9 Å². The minimum absolute atomic E-state index is 0.120. The number of cyclic esters (lactones) is 1. The van der Waals surface area contributed by atoms with E-state index in [-0.39, 0.29) is 25.2 Å². The van der Waals surface area contributed by atoms with E-state index in [1.807, 2.05) is 11.6 Å². The Morgan fingerprint density at radius 2 is 1.79 bits per heavy atom. The third-order valence-electron chi connectivity index (χ3n) is 10.5. The molecule has 2 saturated heterocycles. The van der Waals surface area contributed by atoms with Crippen LogP contribution < -0.4 is 0 Å². The van der Waals surface area contributed by atoms with Gasteiger partial charge in [-0.05, 0) is 52.3 Å². The number of ether oxygens (including phenoxy) is 3. The molecule has 0 spiro atoms. The van der Waals surface area contributed by atoms with Crippen LogP contribution in [0, 0.1) is 17.8 Å². The molecule has 0 radical (unpaired) electrons. The molecule has 0 unspecified atom stereocenters. The number of aromatic nitrogens is 4. The van der Waals surface area contributed by atoms with E-state index in [1.54, 1.807) is 60.3 Å². The summed E-state index contributed by atoms with van der Waals surface area (Å²) in [7, 11) is 3.25. The molecule has 0 N–H and O–H groups in total. The van der Waals surface area contributed by atoms with Gasteiger partial charge >= 0.3 is 12.1 Å². The molecular formula is C32H47BFN5O7S. The molecule has 2 aromatic heterocycles. The average molecular weight is 676 g/mol. The number of rotatable bonds is 8. The van der Waals surface area contributed by atoms with Crippen LogP contribution in [0.5, 0.6) is 0 Å². The molecule has 0 bridgehead atoms. The SMILES string of the molecule is B[C@@H]1[C@@H](C)C(=O)[C@](C)(F)C(=O)O[C@H](CC)[C@@]2(C)OC(=O)N(CCCCn3cc(-c4nccs4)nn3)[C@@H]2[C@@H](C)C(=O)[C@H](C)C[C@@]1(C)OC. The molecule has 258 valence electrons. The summed E-state index contributed by atoms with van der Waals surface area (Å²) in [6.07, 6.45) is 3.34. The van der Waals surface area contributed by atoms with Crippen LogP contribution in [0.1, 0.15) is 74.1 Å². The molecule has 4 heterocycles. The van der Waals surface area contributed by atoms with Crippen molar-refractivity contribution >= 4 is 42.8 Å². The lowest BCUT2D eigenvalue weighted by atomic mass is 9.61. The second-order valence-electron chi connectivity index (χ2n) is 13.7. The van der Waals surface area contributed by atoms with Crippen LogP contribution in [-0.4, -0.2) is 99.0 Å². The van der Waals surface area contributed by atoms with Crippen LogP contribution in [-0.2, 0) is 35.1 Å². The summed E-state index contributed by atoms with van der Waals surface area (Å²) in [5.41, 5.74) is -4.77. The summed E-state index contributed by atoms with van der Waals surface area (Å²) in [6, 6.07) is -0.833. The Hall–Kier alpha value is -3.20. The zero-order chi connectivity index (χ0) is 34.9. The summed E-state index contributed by atoms with van der Waals surface area (Å²) in [6.45, 7) is 12.0. The number of esters is 1. The van der Waals surface area contributed by atoms with Crippen LogP contribution in [0.25, 0.3) is 10.7 Å². The van der Waals surface area contributed by atoms with Gasteiger partial charge in [0.2, 0.25) is 0 Å². The highest BCUT2D eigenvalue weighted by Gasteiger charge is 2.61. The molecule has 0 aromatic carbocycles. The minimum atomic E-state index is -2.96. The predicted molar refractivity (Wildman–Crippen MR) is 175 cm³/mol. The number of halogens is 1. The van der Waals surface area contributed by atoms with Crippen molar-refractivity contribution in [3.63, 3.8) is 0 Å². The number of aryl methyl sites for hydroxylation is 1. The van der Waals surface area contributed by atoms with Crippen molar-refractivity contribution in [2.24, 2.45) is 17.8 Å². The maximum Gasteiger partial charge on any atom is 0.410 e. The van der Waals surface area contributed by atoms with Crippen molar-refractivity contribution in [1.29, 1.82) is 0 Å². The van der Waals surface area contributed by atoms with Gasteiger partial charge in [0, 0.05) is 49.5 Å². The molecule has 2 fully saturated rings. The second kappa shape index (κ2) is 14.1. The summed E-state index contributed by atoms with van der Waals surface area (Å²) in [4.78, 5) is 60.4. The van der Waals surface area contributed by atoms with Gasteiger partial charge in [-0.15, -0.1) is 16.4 Å². The third-order valence-corrected chi connectivity index (χ3v) is 11.3. The fraction of sp³-hybridized carbons (Fsp3) is 0.719. The van der Waals surface area contributed by atoms with Crippen molar-refractivity contribution in [3.8, 4) is 10.7 Å². The molecule has 2 aliphatic rings. The first-order chi connectivity index (χ1) is 22.0. The van der Waals surface area contributed by atoms with Crippen LogP contribution >= 0.6 is 11.3 Å². The number of unbranched alkanes of at least 4 members (excludes halogenated alkanes) is 1. The van der Waals surface area contributed by atoms with E-state index < -0.39 is 70.4 Å². The number of carbonyl (C=O) groups is 4. The molecule has 12 nitrogen and oxygen atoms in total. The quantitative estimate of drug-likeness (QED) is 0.174. The number of hydrogen-bond donors (Lipinski definition) is 0. The molecule has 47 heavy (non-hydrogen) atoms. The van der Waals surface area contributed by atoms with E-state index in [2.05, 4.69) is 15.3 Å². The van der Waals surface area contributed by atoms with Crippen molar-refractivity contribution < 1.29 is 37.8 Å². The van der Waals surface area contributed by atoms with Crippen LogP contribution in [0.3, 0.4) is 0 Å². The van der Waals surface area contributed by atoms with Crippen molar-refractivity contribution in [2.45, 2.75) is 116 Å². The Balaban J connectivity index is 1.63. The van der Waals surface area contributed by atoms with Crippen molar-refractivity contribution in [3.05, 3.63) is 17.8 Å². The maximum absolute atomic E-state index is 16.1. The van der Waals surface area contributed by atoms with Gasteiger partial charge in [0.1, 0.15) is 30.4 Å². The number of amides is 1. The molecule has 0 saturated carbocycles. The number of nitrogens with zero attached hydrogens (tertiary/aromatic N) is 5. The van der Waals surface area contributed by atoms with Crippen LogP contribution in [0.2, 0.25) is 5.82 Å². The van der Waals surface area contributed by atoms with Crippen LogP contribution in [0.4, 0.5) is 9.18 Å². The molecule has 15 heteroatoms. The van der Waals surface area contributed by atoms with E-state index in [1.165, 1.54) is 23.3 Å². The zero-order valence-corrected chi connectivity index (χ0v) is 29.6. The molecule has 9 atom stereocenters. The topological polar surface area (TPSA) is 143 Å². The van der Waals surface area contributed by atoms with E-state index in [9.17, 15) is 19.2 Å². The smallest absolute Gasteiger partial charge is 0.410 e. The Morgan fingerprint density at radius 3 is 2.40 bits per heavy atom. The summed E-state index contributed by atoms with van der Waals surface area (Å²) in [5, 5.41) is 11.0. The van der Waals surface area contributed by atoms with Gasteiger partial charge in [0.15, 0.2) is 11.4 Å². The van der Waals surface area contributed by atoms with E-state index >= 15 is 4.39 Å². The van der Waals surface area contributed by atoms with Crippen LogP contribution in [0.15, 0.2) is 17.8 Å². The summed E-state index contributed by atoms with van der Waals surface area (Å²) >= 11 is 1.47. The Kier molecular flexibility index (Phi) is 11.0. The number of hydrogen-bond acceptors (Lipinski definition) is 11. The number of ketones is 2. The predicted octanol–water partition coefficient (Wildman–Crippen LogP) is 4.09. The molecule has 1 amide bonds. The zero-order valence-electron chi connectivity index (χ0n) is 28.8. The van der Waals surface area contributed by atoms with E-state index in [4.69, 9.17) is 14.2 Å². The lowest BCUT2D eigenvalue weighted by Gasteiger charge is -2.43. The first kappa shape index (κ1) is 36.6. The maximum atomic E-state index is 16.1. The summed E-state index contributed by atoms with van der Waals surface area (Å²) < 4.78 is 35.4. The monoisotopic (exact) mass is 675 g/mol. The minimum Gasteiger partial charge on any atom is -0.455 e. The largest absolute Gasteiger partial charge is 0.455 e. The standard InChI is InChI=1S/C32H47BFN5O7S/c1-9-22-32(7)25(39(29(43)46-32)14-11-10-13-38-17-21(36-37-38)27-35-12-15-47-27)19(3)23(40)18(2)16-30(5,44-8)24(33)20(4)26(41)31(6,34)28(42)45-22/h12,15,17-20,22,24-25H,9-11,13-14,16,33H2,1-8H3/t18-,19+,20-,22-,24-,25-,30-,31+,32-/m1/s1. The number of alkyl halides is 1. The van der Waals surface area contributed by atoms with E-state index in [0.29, 0.717) is 25.1 Å². The molecule has 4 rings (SSSR count). The Bertz CT molecular complexity index is 1460. The summed E-state index contributed by atoms with van der Waals surface area (Å²) in [5.74, 6) is -5.15.